The Balaban J connectivity index is 2.27. The largest absolute Gasteiger partial charge is 0.495 e. The molecule has 0 unspecified atom stereocenters. The average molecular weight is 362 g/mol. The lowest BCUT2D eigenvalue weighted by atomic mass is 9.87. The predicted octanol–water partition coefficient (Wildman–Crippen LogP) is 2.89. The van der Waals surface area contributed by atoms with E-state index in [1.165, 1.54) is 25.3 Å². The van der Waals surface area contributed by atoms with Crippen molar-refractivity contribution in [2.75, 3.05) is 12.4 Å². The Labute approximate surface area is 148 Å². The van der Waals surface area contributed by atoms with Crippen LogP contribution in [0.1, 0.15) is 36.7 Å². The van der Waals surface area contributed by atoms with Crippen LogP contribution in [-0.2, 0) is 15.4 Å². The van der Waals surface area contributed by atoms with Crippen molar-refractivity contribution in [2.24, 2.45) is 5.14 Å². The summed E-state index contributed by atoms with van der Waals surface area (Å²) in [6.07, 6.45) is 0. The summed E-state index contributed by atoms with van der Waals surface area (Å²) in [7, 11) is -2.67. The molecule has 2 aromatic rings. The van der Waals surface area contributed by atoms with Crippen molar-refractivity contribution in [3.63, 3.8) is 0 Å². The lowest BCUT2D eigenvalue weighted by molar-refractivity contribution is 0.102. The number of anilines is 1. The van der Waals surface area contributed by atoms with Crippen molar-refractivity contribution in [2.45, 2.75) is 31.1 Å². The second-order valence-corrected chi connectivity index (χ2v) is 8.22. The number of primary sulfonamides is 1. The number of ether oxygens (including phenoxy) is 1. The lowest BCUT2D eigenvalue weighted by Gasteiger charge is -2.19. The molecule has 134 valence electrons. The molecule has 0 saturated heterocycles. The summed E-state index contributed by atoms with van der Waals surface area (Å²) >= 11 is 0. The topological polar surface area (TPSA) is 98.5 Å². The number of nitrogens with one attached hydrogen (secondary N) is 1. The minimum atomic E-state index is -4.00. The molecule has 0 bridgehead atoms. The SMILES string of the molecule is COc1ccc(C(=O)Nc2ccc(C(C)(C)C)cc2)cc1S(N)(=O)=O. The molecule has 0 spiro atoms. The van der Waals surface area contributed by atoms with Crippen LogP contribution in [0.2, 0.25) is 0 Å². The molecule has 0 saturated carbocycles. The van der Waals surface area contributed by atoms with Crippen LogP contribution in [0.25, 0.3) is 0 Å². The van der Waals surface area contributed by atoms with Gasteiger partial charge in [0.2, 0.25) is 10.0 Å². The van der Waals surface area contributed by atoms with Crippen molar-refractivity contribution >= 4 is 21.6 Å². The Bertz CT molecular complexity index is 882. The van der Waals surface area contributed by atoms with Gasteiger partial charge >= 0.3 is 0 Å². The van der Waals surface area contributed by atoms with Crippen LogP contribution in [0.15, 0.2) is 47.4 Å². The summed E-state index contributed by atoms with van der Waals surface area (Å²) in [6.45, 7) is 6.31. The quantitative estimate of drug-likeness (QED) is 0.873. The van der Waals surface area contributed by atoms with Gasteiger partial charge < -0.3 is 10.1 Å². The van der Waals surface area contributed by atoms with Crippen molar-refractivity contribution in [1.29, 1.82) is 0 Å². The van der Waals surface area contributed by atoms with E-state index in [1.54, 1.807) is 0 Å². The summed E-state index contributed by atoms with van der Waals surface area (Å²) < 4.78 is 28.3. The number of rotatable bonds is 4. The van der Waals surface area contributed by atoms with Gasteiger partial charge in [0.25, 0.3) is 5.91 Å². The van der Waals surface area contributed by atoms with Crippen molar-refractivity contribution in [1.82, 2.24) is 0 Å². The van der Waals surface area contributed by atoms with Crippen molar-refractivity contribution in [3.05, 3.63) is 53.6 Å². The minimum Gasteiger partial charge on any atom is -0.495 e. The van der Waals surface area contributed by atoms with Gasteiger partial charge in [-0.2, -0.15) is 0 Å². The van der Waals surface area contributed by atoms with Crippen LogP contribution < -0.4 is 15.2 Å². The van der Waals surface area contributed by atoms with Crippen LogP contribution in [0.4, 0.5) is 5.69 Å². The molecule has 0 heterocycles. The van der Waals surface area contributed by atoms with Gasteiger partial charge in [-0.25, -0.2) is 13.6 Å². The van der Waals surface area contributed by atoms with E-state index in [0.717, 1.165) is 5.56 Å². The zero-order chi connectivity index (χ0) is 18.8. The molecule has 0 aliphatic carbocycles. The summed E-state index contributed by atoms with van der Waals surface area (Å²) in [5.41, 5.74) is 1.95. The normalized spacial score (nSPS) is 11.9. The number of amides is 1. The molecular formula is C18H22N2O4S. The highest BCUT2D eigenvalue weighted by Gasteiger charge is 2.18. The first-order valence-electron chi connectivity index (χ1n) is 7.65. The van der Waals surface area contributed by atoms with E-state index in [0.29, 0.717) is 5.69 Å². The van der Waals surface area contributed by atoms with Crippen LogP contribution >= 0.6 is 0 Å². The molecular weight excluding hydrogens is 340 g/mol. The number of carbonyl (C=O) groups is 1. The fourth-order valence-electron chi connectivity index (χ4n) is 2.30. The molecule has 6 nitrogen and oxygen atoms in total. The number of nitrogens with two attached hydrogens (primary N) is 1. The maximum Gasteiger partial charge on any atom is 0.255 e. The van der Waals surface area contributed by atoms with E-state index in [2.05, 4.69) is 26.1 Å². The van der Waals surface area contributed by atoms with Gasteiger partial charge in [0.15, 0.2) is 0 Å². The maximum atomic E-state index is 12.4. The zero-order valence-corrected chi connectivity index (χ0v) is 15.5. The van der Waals surface area contributed by atoms with E-state index in [4.69, 9.17) is 9.88 Å². The number of methoxy groups -OCH3 is 1. The maximum absolute atomic E-state index is 12.4. The Morgan fingerprint density at radius 1 is 1.08 bits per heavy atom. The lowest BCUT2D eigenvalue weighted by Crippen LogP contribution is -2.17. The van der Waals surface area contributed by atoms with E-state index in [9.17, 15) is 13.2 Å². The Morgan fingerprint density at radius 3 is 2.16 bits per heavy atom. The third kappa shape index (κ3) is 4.58. The van der Waals surface area contributed by atoms with Crippen LogP contribution in [0.3, 0.4) is 0 Å². The second-order valence-electron chi connectivity index (χ2n) is 6.69. The summed E-state index contributed by atoms with van der Waals surface area (Å²) in [5.74, 6) is -0.343. The van der Waals surface area contributed by atoms with Gasteiger partial charge in [-0.1, -0.05) is 32.9 Å². The monoisotopic (exact) mass is 362 g/mol. The highest BCUT2D eigenvalue weighted by Crippen LogP contribution is 2.25. The number of carbonyl (C=O) groups excluding carboxylic acids is 1. The van der Waals surface area contributed by atoms with Gasteiger partial charge in [0, 0.05) is 11.3 Å². The third-order valence-electron chi connectivity index (χ3n) is 3.74. The van der Waals surface area contributed by atoms with Crippen LogP contribution in [0.5, 0.6) is 5.75 Å². The van der Waals surface area contributed by atoms with Gasteiger partial charge in [-0.15, -0.1) is 0 Å². The molecule has 1 amide bonds. The van der Waals surface area contributed by atoms with Crippen molar-refractivity contribution in [3.8, 4) is 5.75 Å². The van der Waals surface area contributed by atoms with Gasteiger partial charge in [0.1, 0.15) is 10.6 Å². The molecule has 0 radical (unpaired) electrons. The third-order valence-corrected chi connectivity index (χ3v) is 4.67. The molecule has 7 heteroatoms. The van der Waals surface area contributed by atoms with Crippen LogP contribution in [0, 0.1) is 0 Å². The van der Waals surface area contributed by atoms with Crippen molar-refractivity contribution < 1.29 is 17.9 Å². The number of sulfonamides is 1. The highest BCUT2D eigenvalue weighted by atomic mass is 32.2. The first kappa shape index (κ1) is 19.0. The predicted molar refractivity (Wildman–Crippen MR) is 97.5 cm³/mol. The first-order valence-corrected chi connectivity index (χ1v) is 9.20. The average Bonchev–Trinajstić information content (AvgIpc) is 2.53. The molecule has 3 N–H and O–H groups in total. The standard InChI is InChI=1S/C18H22N2O4S/c1-18(2,3)13-6-8-14(9-7-13)20-17(21)12-5-10-15(24-4)16(11-12)25(19,22)23/h5-11H,1-4H3,(H,20,21)(H2,19,22,23). The molecule has 0 aliphatic heterocycles. The van der Waals surface area contributed by atoms with E-state index in [1.807, 2.05) is 24.3 Å². The number of hydrogen-bond donors (Lipinski definition) is 2. The Kier molecular flexibility index (Phi) is 5.20. The Morgan fingerprint density at radius 2 is 1.68 bits per heavy atom. The Hall–Kier alpha value is -2.38. The smallest absolute Gasteiger partial charge is 0.255 e. The molecule has 25 heavy (non-hydrogen) atoms. The highest BCUT2D eigenvalue weighted by molar-refractivity contribution is 7.89. The first-order chi connectivity index (χ1) is 11.5. The van der Waals surface area contributed by atoms with Gasteiger partial charge in [0.05, 0.1) is 7.11 Å². The zero-order valence-electron chi connectivity index (χ0n) is 14.7. The van der Waals surface area contributed by atoms with Crippen LogP contribution in [-0.4, -0.2) is 21.4 Å². The molecule has 2 aromatic carbocycles. The molecule has 0 aromatic heterocycles. The molecule has 0 fully saturated rings. The van der Waals surface area contributed by atoms with Gasteiger partial charge in [-0.3, -0.25) is 4.79 Å². The number of hydrogen-bond acceptors (Lipinski definition) is 4. The van der Waals surface area contributed by atoms with E-state index >= 15 is 0 Å². The fourth-order valence-corrected chi connectivity index (χ4v) is 3.02. The summed E-state index contributed by atoms with van der Waals surface area (Å²) in [5, 5.41) is 7.91. The summed E-state index contributed by atoms with van der Waals surface area (Å²) in [4.78, 5) is 12.2. The molecule has 2 rings (SSSR count). The second kappa shape index (κ2) is 6.85. The van der Waals surface area contributed by atoms with Gasteiger partial charge in [-0.05, 0) is 41.3 Å². The minimum absolute atomic E-state index is 0.0168. The molecule has 0 aliphatic rings. The van der Waals surface area contributed by atoms with E-state index < -0.39 is 15.9 Å². The number of benzene rings is 2. The fraction of sp³-hybridized carbons (Fsp3) is 0.278. The summed E-state index contributed by atoms with van der Waals surface area (Å²) in [6, 6.07) is 11.6. The van der Waals surface area contributed by atoms with E-state index in [-0.39, 0.29) is 21.6 Å². The molecule has 0 atom stereocenters.